The van der Waals surface area contributed by atoms with Crippen LogP contribution in [0.4, 0.5) is 5.69 Å². The molecule has 1 atom stereocenters. The normalized spacial score (nSPS) is 12.0. The Kier molecular flexibility index (Phi) is 5.61. The minimum atomic E-state index is -0.557. The maximum absolute atomic E-state index is 11.6. The third-order valence-corrected chi connectivity index (χ3v) is 2.35. The lowest BCUT2D eigenvalue weighted by molar-refractivity contribution is -0.117. The van der Waals surface area contributed by atoms with Crippen molar-refractivity contribution in [2.45, 2.75) is 19.9 Å². The number of ether oxygens (including phenoxy) is 2. The Labute approximate surface area is 107 Å². The molecule has 1 amide bonds. The number of hydrogen-bond acceptors (Lipinski definition) is 4. The quantitative estimate of drug-likeness (QED) is 0.749. The molecule has 0 unspecified atom stereocenters. The van der Waals surface area contributed by atoms with Crippen LogP contribution in [0.2, 0.25) is 0 Å². The van der Waals surface area contributed by atoms with Gasteiger partial charge in [0.15, 0.2) is 0 Å². The molecule has 1 aromatic rings. The van der Waals surface area contributed by atoms with Gasteiger partial charge in [-0.15, -0.1) is 0 Å². The molecule has 0 fully saturated rings. The zero-order valence-electron chi connectivity index (χ0n) is 11.0. The molecule has 100 valence electrons. The van der Waals surface area contributed by atoms with Gasteiger partial charge in [0.1, 0.15) is 12.4 Å². The SMILES string of the molecule is COCCOc1cc(C)ccc1NC(=O)[C@@H](C)N. The second-order valence-corrected chi connectivity index (χ2v) is 4.12. The van der Waals surface area contributed by atoms with E-state index in [1.54, 1.807) is 20.1 Å². The third kappa shape index (κ3) is 4.35. The van der Waals surface area contributed by atoms with Crippen molar-refractivity contribution in [3.05, 3.63) is 23.8 Å². The van der Waals surface area contributed by atoms with E-state index in [0.29, 0.717) is 24.7 Å². The molecule has 0 spiro atoms. The van der Waals surface area contributed by atoms with Gasteiger partial charge in [-0.2, -0.15) is 0 Å². The topological polar surface area (TPSA) is 73.6 Å². The van der Waals surface area contributed by atoms with Crippen LogP contribution < -0.4 is 15.8 Å². The highest BCUT2D eigenvalue weighted by molar-refractivity contribution is 5.95. The first kappa shape index (κ1) is 14.5. The molecular weight excluding hydrogens is 232 g/mol. The molecule has 1 aromatic carbocycles. The van der Waals surface area contributed by atoms with Crippen molar-refractivity contribution in [1.29, 1.82) is 0 Å². The molecule has 0 bridgehead atoms. The van der Waals surface area contributed by atoms with Gasteiger partial charge in [-0.05, 0) is 31.5 Å². The Morgan fingerprint density at radius 1 is 1.44 bits per heavy atom. The largest absolute Gasteiger partial charge is 0.489 e. The fourth-order valence-corrected chi connectivity index (χ4v) is 1.33. The highest BCUT2D eigenvalue weighted by Crippen LogP contribution is 2.25. The molecule has 0 saturated heterocycles. The summed E-state index contributed by atoms with van der Waals surface area (Å²) in [6, 6.07) is 5.02. The Morgan fingerprint density at radius 2 is 2.17 bits per heavy atom. The van der Waals surface area contributed by atoms with E-state index < -0.39 is 6.04 Å². The fourth-order valence-electron chi connectivity index (χ4n) is 1.33. The molecule has 3 N–H and O–H groups in total. The summed E-state index contributed by atoms with van der Waals surface area (Å²) >= 11 is 0. The number of benzene rings is 1. The molecule has 0 radical (unpaired) electrons. The summed E-state index contributed by atoms with van der Waals surface area (Å²) in [5, 5.41) is 2.73. The molecule has 0 aromatic heterocycles. The van der Waals surface area contributed by atoms with Gasteiger partial charge in [0.05, 0.1) is 18.3 Å². The van der Waals surface area contributed by atoms with Gasteiger partial charge in [0.2, 0.25) is 5.91 Å². The average Bonchev–Trinajstić information content (AvgIpc) is 2.32. The Hall–Kier alpha value is -1.59. The number of methoxy groups -OCH3 is 1. The smallest absolute Gasteiger partial charge is 0.241 e. The number of nitrogens with one attached hydrogen (secondary N) is 1. The van der Waals surface area contributed by atoms with Crippen molar-refractivity contribution in [3.8, 4) is 5.75 Å². The van der Waals surface area contributed by atoms with Crippen molar-refractivity contribution >= 4 is 11.6 Å². The van der Waals surface area contributed by atoms with Crippen LogP contribution in [0.25, 0.3) is 0 Å². The van der Waals surface area contributed by atoms with E-state index in [2.05, 4.69) is 5.32 Å². The maximum atomic E-state index is 11.6. The van der Waals surface area contributed by atoms with Crippen LogP contribution >= 0.6 is 0 Å². The number of carbonyl (C=O) groups is 1. The van der Waals surface area contributed by atoms with Crippen LogP contribution in [-0.2, 0) is 9.53 Å². The van der Waals surface area contributed by atoms with E-state index in [0.717, 1.165) is 5.56 Å². The van der Waals surface area contributed by atoms with E-state index in [1.165, 1.54) is 0 Å². The summed E-state index contributed by atoms with van der Waals surface area (Å²) in [4.78, 5) is 11.6. The second-order valence-electron chi connectivity index (χ2n) is 4.12. The van der Waals surface area contributed by atoms with Gasteiger partial charge in [0.25, 0.3) is 0 Å². The predicted octanol–water partition coefficient (Wildman–Crippen LogP) is 1.31. The van der Waals surface area contributed by atoms with Gasteiger partial charge in [-0.3, -0.25) is 4.79 Å². The Balaban J connectivity index is 2.79. The van der Waals surface area contributed by atoms with Crippen LogP contribution in [0.5, 0.6) is 5.75 Å². The number of nitrogens with two attached hydrogens (primary N) is 1. The number of hydrogen-bond donors (Lipinski definition) is 2. The lowest BCUT2D eigenvalue weighted by Crippen LogP contribution is -2.32. The van der Waals surface area contributed by atoms with Crippen molar-refractivity contribution in [3.63, 3.8) is 0 Å². The minimum Gasteiger partial charge on any atom is -0.489 e. The predicted molar refractivity (Wildman–Crippen MR) is 70.8 cm³/mol. The van der Waals surface area contributed by atoms with Crippen molar-refractivity contribution in [2.75, 3.05) is 25.6 Å². The fraction of sp³-hybridized carbons (Fsp3) is 0.462. The van der Waals surface area contributed by atoms with Crippen molar-refractivity contribution < 1.29 is 14.3 Å². The number of carbonyl (C=O) groups excluding carboxylic acids is 1. The highest BCUT2D eigenvalue weighted by atomic mass is 16.5. The van der Waals surface area contributed by atoms with Gasteiger partial charge in [0, 0.05) is 7.11 Å². The van der Waals surface area contributed by atoms with Gasteiger partial charge < -0.3 is 20.5 Å². The zero-order valence-corrected chi connectivity index (χ0v) is 11.0. The Morgan fingerprint density at radius 3 is 2.78 bits per heavy atom. The number of amides is 1. The van der Waals surface area contributed by atoms with Crippen molar-refractivity contribution in [1.82, 2.24) is 0 Å². The van der Waals surface area contributed by atoms with Crippen LogP contribution in [0.3, 0.4) is 0 Å². The molecule has 5 heteroatoms. The van der Waals surface area contributed by atoms with Crippen LogP contribution in [0.1, 0.15) is 12.5 Å². The first-order valence-electron chi connectivity index (χ1n) is 5.83. The highest BCUT2D eigenvalue weighted by Gasteiger charge is 2.11. The number of rotatable bonds is 6. The van der Waals surface area contributed by atoms with Crippen LogP contribution in [-0.4, -0.2) is 32.3 Å². The van der Waals surface area contributed by atoms with Gasteiger partial charge in [-0.1, -0.05) is 6.07 Å². The van der Waals surface area contributed by atoms with Crippen molar-refractivity contribution in [2.24, 2.45) is 5.73 Å². The zero-order chi connectivity index (χ0) is 13.5. The molecule has 0 aliphatic heterocycles. The van der Waals surface area contributed by atoms with E-state index in [1.807, 2.05) is 19.1 Å². The monoisotopic (exact) mass is 252 g/mol. The first-order valence-corrected chi connectivity index (χ1v) is 5.83. The summed E-state index contributed by atoms with van der Waals surface area (Å²) in [5.41, 5.74) is 7.19. The number of anilines is 1. The summed E-state index contributed by atoms with van der Waals surface area (Å²) in [6.07, 6.45) is 0. The lowest BCUT2D eigenvalue weighted by Gasteiger charge is -2.14. The molecule has 0 saturated carbocycles. The molecule has 0 aliphatic rings. The third-order valence-electron chi connectivity index (χ3n) is 2.35. The molecule has 1 rings (SSSR count). The van der Waals surface area contributed by atoms with Crippen LogP contribution in [0.15, 0.2) is 18.2 Å². The summed E-state index contributed by atoms with van der Waals surface area (Å²) in [5.74, 6) is 0.386. The van der Waals surface area contributed by atoms with Crippen LogP contribution in [0, 0.1) is 6.92 Å². The maximum Gasteiger partial charge on any atom is 0.241 e. The molecule has 0 aliphatic carbocycles. The number of aryl methyl sites for hydroxylation is 1. The van der Waals surface area contributed by atoms with E-state index in [-0.39, 0.29) is 5.91 Å². The molecular formula is C13H20N2O3. The molecule has 5 nitrogen and oxygen atoms in total. The van der Waals surface area contributed by atoms with Gasteiger partial charge in [-0.25, -0.2) is 0 Å². The Bertz CT molecular complexity index is 405. The van der Waals surface area contributed by atoms with Gasteiger partial charge >= 0.3 is 0 Å². The van der Waals surface area contributed by atoms with E-state index in [9.17, 15) is 4.79 Å². The lowest BCUT2D eigenvalue weighted by atomic mass is 10.2. The van der Waals surface area contributed by atoms with E-state index >= 15 is 0 Å². The molecule has 0 heterocycles. The minimum absolute atomic E-state index is 0.240. The van der Waals surface area contributed by atoms with E-state index in [4.69, 9.17) is 15.2 Å². The summed E-state index contributed by atoms with van der Waals surface area (Å²) in [6.45, 7) is 4.52. The standard InChI is InChI=1S/C13H20N2O3/c1-9-4-5-11(15-13(16)10(2)14)12(8-9)18-7-6-17-3/h4-5,8,10H,6-7,14H2,1-3H3,(H,15,16)/t10-/m1/s1. The summed E-state index contributed by atoms with van der Waals surface area (Å²) in [7, 11) is 1.61. The first-order chi connectivity index (χ1) is 8.54. The molecule has 18 heavy (non-hydrogen) atoms. The average molecular weight is 252 g/mol. The summed E-state index contributed by atoms with van der Waals surface area (Å²) < 4.78 is 10.5. The second kappa shape index (κ2) is 6.98.